The zero-order valence-corrected chi connectivity index (χ0v) is 29.1. The van der Waals surface area contributed by atoms with E-state index in [1.54, 1.807) is 26.2 Å². The molecule has 0 unspecified atom stereocenters. The van der Waals surface area contributed by atoms with Gasteiger partial charge >= 0.3 is 5.63 Å². The van der Waals surface area contributed by atoms with E-state index in [-0.39, 0.29) is 36.7 Å². The van der Waals surface area contributed by atoms with Crippen LogP contribution >= 0.6 is 0 Å². The fourth-order valence-electron chi connectivity index (χ4n) is 6.51. The monoisotopic (exact) mass is 688 g/mol. The molecular weight excluding hydrogens is 643 g/mol. The second-order valence-corrected chi connectivity index (χ2v) is 13.4. The van der Waals surface area contributed by atoms with Crippen molar-refractivity contribution < 1.29 is 32.7 Å². The summed E-state index contributed by atoms with van der Waals surface area (Å²) in [5.74, 6) is -1.79. The van der Waals surface area contributed by atoms with Crippen LogP contribution in [0.15, 0.2) is 57.7 Å². The Bertz CT molecular complexity index is 1790. The van der Waals surface area contributed by atoms with Gasteiger partial charge in [-0.3, -0.25) is 19.2 Å². The summed E-state index contributed by atoms with van der Waals surface area (Å²) in [6.45, 7) is 5.53. The average Bonchev–Trinajstić information content (AvgIpc) is 3.59. The van der Waals surface area contributed by atoms with Crippen LogP contribution in [0.3, 0.4) is 0 Å². The molecule has 0 saturated carbocycles. The van der Waals surface area contributed by atoms with Crippen molar-refractivity contribution in [3.05, 3.63) is 98.3 Å². The van der Waals surface area contributed by atoms with Crippen LogP contribution < -0.4 is 21.0 Å². The summed E-state index contributed by atoms with van der Waals surface area (Å²) in [5, 5.41) is 5.82. The maximum atomic E-state index is 14.9. The summed E-state index contributed by atoms with van der Waals surface area (Å²) in [7, 11) is 1.60. The topological polar surface area (TPSA) is 138 Å². The molecule has 2 atom stereocenters. The van der Waals surface area contributed by atoms with Crippen LogP contribution in [0.25, 0.3) is 0 Å². The highest BCUT2D eigenvalue weighted by atomic mass is 19.1. The maximum absolute atomic E-state index is 14.9. The highest BCUT2D eigenvalue weighted by molar-refractivity contribution is 5.99. The Labute approximate surface area is 291 Å². The van der Waals surface area contributed by atoms with Crippen LogP contribution in [0.4, 0.5) is 4.39 Å². The van der Waals surface area contributed by atoms with Gasteiger partial charge in [-0.25, -0.2) is 9.18 Å². The highest BCUT2D eigenvalue weighted by Gasteiger charge is 2.37. The number of methoxy groups -OCH3 is 1. The van der Waals surface area contributed by atoms with E-state index in [9.17, 15) is 28.4 Å². The summed E-state index contributed by atoms with van der Waals surface area (Å²) in [4.78, 5) is 70.6. The van der Waals surface area contributed by atoms with Gasteiger partial charge in [-0.1, -0.05) is 32.0 Å². The zero-order valence-electron chi connectivity index (χ0n) is 29.1. The van der Waals surface area contributed by atoms with E-state index in [4.69, 9.17) is 9.15 Å². The summed E-state index contributed by atoms with van der Waals surface area (Å²) in [5.41, 5.74) is 1.09. The second-order valence-electron chi connectivity index (χ2n) is 13.4. The van der Waals surface area contributed by atoms with Crippen molar-refractivity contribution in [1.29, 1.82) is 0 Å². The van der Waals surface area contributed by atoms with Gasteiger partial charge < -0.3 is 29.6 Å². The molecule has 2 aliphatic rings. The second kappa shape index (κ2) is 16.1. The lowest BCUT2D eigenvalue weighted by atomic mass is 10.0. The number of hydrogen-bond acceptors (Lipinski definition) is 7. The molecule has 4 amide bonds. The molecule has 5 rings (SSSR count). The van der Waals surface area contributed by atoms with Gasteiger partial charge in [0.25, 0.3) is 11.8 Å². The van der Waals surface area contributed by atoms with E-state index < -0.39 is 47.2 Å². The standard InChI is InChI=1S/C38H45FN4O7/c1-23(2)31-21-42(37(47)34-24(3)19-28(50-38(34)48)15-11-25-9-13-27(49-4)14-10-25)22-33(44)40-17-5-7-26-12-16-30(39)29(20-26)36(46)43-18-6-8-32(43)35(45)41-31/h9-10,12-14,16,19-20,23,31-32H,5-8,11,15,17-18,21-22H2,1-4H3,(H,40,44)(H,41,45)/t31-,32-/m0/s1. The minimum absolute atomic E-state index is 0.0795. The first kappa shape index (κ1) is 36.3. The lowest BCUT2D eigenvalue weighted by molar-refractivity contribution is -0.126. The van der Waals surface area contributed by atoms with E-state index in [1.807, 2.05) is 38.1 Å². The number of amides is 4. The molecule has 1 saturated heterocycles. The van der Waals surface area contributed by atoms with E-state index in [0.29, 0.717) is 56.4 Å². The van der Waals surface area contributed by atoms with E-state index in [1.165, 1.54) is 21.9 Å². The SMILES string of the molecule is COc1ccc(CCc2cc(C)c(C(=O)N3CC(=O)NCCCc4ccc(F)c(c4)C(=O)N4CCC[C@H]4C(=O)N[C@H](C(C)C)C3)c(=O)o2)cc1. The Morgan fingerprint density at radius 3 is 2.50 bits per heavy atom. The van der Waals surface area contributed by atoms with Crippen molar-refractivity contribution >= 4 is 23.6 Å². The number of halogens is 1. The average molecular weight is 689 g/mol. The minimum atomic E-state index is -0.824. The van der Waals surface area contributed by atoms with Crippen LogP contribution in [0, 0.1) is 18.7 Å². The first-order valence-electron chi connectivity index (χ1n) is 17.2. The number of carbonyl (C=O) groups excluding carboxylic acids is 4. The third-order valence-corrected chi connectivity index (χ3v) is 9.45. The Morgan fingerprint density at radius 2 is 1.80 bits per heavy atom. The molecule has 0 radical (unpaired) electrons. The van der Waals surface area contributed by atoms with Crippen molar-refractivity contribution in [1.82, 2.24) is 20.4 Å². The molecule has 11 nitrogen and oxygen atoms in total. The van der Waals surface area contributed by atoms with Crippen LogP contribution in [-0.2, 0) is 28.9 Å². The Morgan fingerprint density at radius 1 is 1.04 bits per heavy atom. The predicted octanol–water partition coefficient (Wildman–Crippen LogP) is 3.83. The van der Waals surface area contributed by atoms with E-state index >= 15 is 0 Å². The third-order valence-electron chi connectivity index (χ3n) is 9.45. The first-order valence-corrected chi connectivity index (χ1v) is 17.2. The molecule has 266 valence electrons. The van der Waals surface area contributed by atoms with Crippen LogP contribution in [0.5, 0.6) is 5.75 Å². The number of benzene rings is 2. The lowest BCUT2D eigenvalue weighted by Crippen LogP contribution is -2.55. The molecule has 0 aliphatic carbocycles. The number of hydrogen-bond donors (Lipinski definition) is 2. The largest absolute Gasteiger partial charge is 0.497 e. The van der Waals surface area contributed by atoms with E-state index in [2.05, 4.69) is 10.6 Å². The van der Waals surface area contributed by atoms with Gasteiger partial charge in [-0.05, 0) is 92.0 Å². The molecule has 1 fully saturated rings. The van der Waals surface area contributed by atoms with Crippen LogP contribution in [-0.4, -0.2) is 78.8 Å². The molecule has 3 aromatic rings. The van der Waals surface area contributed by atoms with Crippen LogP contribution in [0.1, 0.15) is 76.3 Å². The molecule has 2 aliphatic heterocycles. The summed E-state index contributed by atoms with van der Waals surface area (Å²) < 4.78 is 25.7. The molecule has 3 heterocycles. The normalized spacial score (nSPS) is 19.1. The molecule has 2 bridgehead atoms. The van der Waals surface area contributed by atoms with Gasteiger partial charge in [0.2, 0.25) is 11.8 Å². The van der Waals surface area contributed by atoms with Crippen molar-refractivity contribution in [2.24, 2.45) is 5.92 Å². The Balaban J connectivity index is 1.40. The van der Waals surface area contributed by atoms with Crippen LogP contribution in [0.2, 0.25) is 0 Å². The molecule has 2 aromatic carbocycles. The zero-order chi connectivity index (χ0) is 35.9. The van der Waals surface area contributed by atoms with Gasteiger partial charge in [0.1, 0.15) is 28.9 Å². The fourth-order valence-corrected chi connectivity index (χ4v) is 6.51. The molecule has 2 N–H and O–H groups in total. The first-order chi connectivity index (χ1) is 23.9. The number of nitrogens with zero attached hydrogens (tertiary/aromatic N) is 2. The molecular formula is C38H45FN4O7. The number of rotatable bonds is 6. The summed E-state index contributed by atoms with van der Waals surface area (Å²) >= 11 is 0. The third kappa shape index (κ3) is 8.58. The van der Waals surface area contributed by atoms with Gasteiger partial charge in [0.05, 0.1) is 19.2 Å². The fraction of sp³-hybridized carbons (Fsp3) is 0.447. The molecule has 0 spiro atoms. The highest BCUT2D eigenvalue weighted by Crippen LogP contribution is 2.24. The predicted molar refractivity (Wildman–Crippen MR) is 185 cm³/mol. The van der Waals surface area contributed by atoms with Crippen molar-refractivity contribution in [3.63, 3.8) is 0 Å². The number of fused-ring (bicyclic) bond motifs is 3. The van der Waals surface area contributed by atoms with Gasteiger partial charge in [0, 0.05) is 32.1 Å². The number of ether oxygens (including phenoxy) is 1. The number of aryl methyl sites for hydroxylation is 4. The van der Waals surface area contributed by atoms with Gasteiger partial charge in [-0.2, -0.15) is 0 Å². The van der Waals surface area contributed by atoms with Crippen molar-refractivity contribution in [2.45, 2.75) is 71.4 Å². The smallest absolute Gasteiger partial charge is 0.349 e. The Hall–Kier alpha value is -5.00. The summed E-state index contributed by atoms with van der Waals surface area (Å²) in [6.07, 6.45) is 2.98. The van der Waals surface area contributed by atoms with Gasteiger partial charge in [-0.15, -0.1) is 0 Å². The number of nitrogens with one attached hydrogen (secondary N) is 2. The van der Waals surface area contributed by atoms with Crippen molar-refractivity contribution in [2.75, 3.05) is 33.3 Å². The van der Waals surface area contributed by atoms with Gasteiger partial charge in [0.15, 0.2) is 0 Å². The molecule has 12 heteroatoms. The van der Waals surface area contributed by atoms with E-state index in [0.717, 1.165) is 16.9 Å². The maximum Gasteiger partial charge on any atom is 0.349 e. The quantitative estimate of drug-likeness (QED) is 0.402. The Kier molecular flexibility index (Phi) is 11.7. The summed E-state index contributed by atoms with van der Waals surface area (Å²) in [6, 6.07) is 12.2. The number of carbonyl (C=O) groups is 4. The molecule has 50 heavy (non-hydrogen) atoms. The lowest BCUT2D eigenvalue weighted by Gasteiger charge is -2.32. The molecule has 1 aromatic heterocycles. The van der Waals surface area contributed by atoms with Crippen molar-refractivity contribution in [3.8, 4) is 5.75 Å². The minimum Gasteiger partial charge on any atom is -0.497 e.